The fraction of sp³-hybridized carbons (Fsp3) is 0.136. The molecule has 3 heterocycles. The Morgan fingerprint density at radius 3 is 2.76 bits per heavy atom. The monoisotopic (exact) mass is 486 g/mol. The van der Waals surface area contributed by atoms with Crippen molar-refractivity contribution < 1.29 is 37.1 Å². The van der Waals surface area contributed by atoms with Crippen molar-refractivity contribution in [1.82, 2.24) is 10.1 Å². The number of nitrogen functional groups attached to an aromatic ring is 1. The van der Waals surface area contributed by atoms with Gasteiger partial charge in [0.05, 0.1) is 11.9 Å². The predicted octanol–water partition coefficient (Wildman–Crippen LogP) is 2.35. The molecule has 0 aliphatic carbocycles. The highest BCUT2D eigenvalue weighted by Crippen LogP contribution is 2.30. The van der Waals surface area contributed by atoms with E-state index >= 15 is 0 Å². The minimum absolute atomic E-state index is 0.0693. The van der Waals surface area contributed by atoms with Crippen LogP contribution in [0.3, 0.4) is 0 Å². The predicted molar refractivity (Wildman–Crippen MR) is 115 cm³/mol. The van der Waals surface area contributed by atoms with Crippen LogP contribution in [0.1, 0.15) is 16.8 Å². The molecular weight excluding hydrogens is 466 g/mol. The van der Waals surface area contributed by atoms with Crippen molar-refractivity contribution in [2.45, 2.75) is 19.8 Å². The largest absolute Gasteiger partial charge is 0.756 e. The molecule has 12 heteroatoms. The molecule has 4 rings (SSSR count). The number of nitrogens with zero attached hydrogens (tertiary/aromatic N) is 3. The Balaban J connectivity index is 1.40. The number of hydrogen-bond acceptors (Lipinski definition) is 8. The highest BCUT2D eigenvalue weighted by Gasteiger charge is 2.18. The zero-order chi connectivity index (χ0) is 24.1. The molecule has 3 aromatic heterocycles. The second-order valence-electron chi connectivity index (χ2n) is 7.25. The third-order valence-electron chi connectivity index (χ3n) is 4.81. The number of rotatable bonds is 9. The molecule has 1 atom stereocenters. The Morgan fingerprint density at radius 1 is 1.21 bits per heavy atom. The van der Waals surface area contributed by atoms with Gasteiger partial charge < -0.3 is 19.0 Å². The number of nitrogens with two attached hydrogens (primary N) is 1. The van der Waals surface area contributed by atoms with E-state index in [9.17, 15) is 13.8 Å². The van der Waals surface area contributed by atoms with Crippen LogP contribution in [-0.4, -0.2) is 15.0 Å². The third kappa shape index (κ3) is 6.03. The normalized spacial score (nSPS) is 12.9. The molecular formula is C22H20FN4O6P. The van der Waals surface area contributed by atoms with Crippen molar-refractivity contribution in [1.29, 1.82) is 0 Å². The topological polar surface area (TPSA) is 148 Å². The van der Waals surface area contributed by atoms with Crippen molar-refractivity contribution in [3.63, 3.8) is 0 Å². The van der Waals surface area contributed by atoms with Crippen molar-refractivity contribution in [2.75, 3.05) is 5.73 Å². The highest BCUT2D eigenvalue weighted by molar-refractivity contribution is 7.44. The van der Waals surface area contributed by atoms with Gasteiger partial charge in [-0.2, -0.15) is 0 Å². The van der Waals surface area contributed by atoms with E-state index in [1.165, 1.54) is 16.8 Å². The Labute approximate surface area is 193 Å². The van der Waals surface area contributed by atoms with Gasteiger partial charge >= 0.3 is 0 Å². The van der Waals surface area contributed by atoms with E-state index in [0.29, 0.717) is 34.9 Å². The first-order chi connectivity index (χ1) is 16.3. The summed E-state index contributed by atoms with van der Waals surface area (Å²) in [6.07, 6.45) is 3.54. The van der Waals surface area contributed by atoms with Gasteiger partial charge in [-0.15, -0.1) is 0 Å². The molecule has 0 amide bonds. The van der Waals surface area contributed by atoms with E-state index in [4.69, 9.17) is 19.9 Å². The van der Waals surface area contributed by atoms with Crippen molar-refractivity contribution in [2.24, 2.45) is 0 Å². The average Bonchev–Trinajstić information content (AvgIpc) is 3.26. The maximum atomic E-state index is 13.7. The number of anilines is 1. The summed E-state index contributed by atoms with van der Waals surface area (Å²) in [5.41, 5.74) is 8.45. The number of benzene rings is 1. The van der Waals surface area contributed by atoms with E-state index in [2.05, 4.69) is 14.7 Å². The van der Waals surface area contributed by atoms with Gasteiger partial charge in [0.2, 0.25) is 5.88 Å². The molecule has 34 heavy (non-hydrogen) atoms. The van der Waals surface area contributed by atoms with E-state index in [0.717, 1.165) is 5.56 Å². The van der Waals surface area contributed by atoms with Gasteiger partial charge in [-0.05, 0) is 23.8 Å². The summed E-state index contributed by atoms with van der Waals surface area (Å²) < 4.78 is 41.1. The standard InChI is InChI=1S/C22H20FN4O6P/c23-19-6-2-1-4-16(19)13-31-21-8-7-15(12-25-21)10-17-11-20(33-26-17)18-5-3-9-27(22(18)24)14-32-34(28,29)30/h1-9,11-12,24H,10,13-14H2,(H2,28,29,30). The molecule has 0 saturated heterocycles. The van der Waals surface area contributed by atoms with Crippen LogP contribution >= 0.6 is 7.82 Å². The van der Waals surface area contributed by atoms with E-state index in [-0.39, 0.29) is 18.2 Å². The lowest BCUT2D eigenvalue weighted by atomic mass is 10.1. The van der Waals surface area contributed by atoms with Crippen LogP contribution < -0.4 is 19.9 Å². The molecule has 4 aromatic rings. The Morgan fingerprint density at radius 2 is 2.03 bits per heavy atom. The van der Waals surface area contributed by atoms with Gasteiger partial charge in [0.25, 0.3) is 13.6 Å². The maximum Gasteiger partial charge on any atom is 0.285 e. The molecule has 0 radical (unpaired) electrons. The Bertz CT molecular complexity index is 1330. The first-order valence-corrected chi connectivity index (χ1v) is 11.5. The van der Waals surface area contributed by atoms with Crippen molar-refractivity contribution >= 4 is 13.6 Å². The van der Waals surface area contributed by atoms with E-state index in [1.807, 2.05) is 6.07 Å². The van der Waals surface area contributed by atoms with Crippen LogP contribution in [0.4, 0.5) is 10.2 Å². The van der Waals surface area contributed by atoms with Crippen LogP contribution in [0.15, 0.2) is 71.5 Å². The average molecular weight is 486 g/mol. The summed E-state index contributed by atoms with van der Waals surface area (Å²) in [5, 5.41) is 4.05. The Kier molecular flexibility index (Phi) is 6.99. The number of halogens is 1. The summed E-state index contributed by atoms with van der Waals surface area (Å²) >= 11 is 0. The molecule has 0 aliphatic heterocycles. The van der Waals surface area contributed by atoms with Gasteiger partial charge in [0.15, 0.2) is 12.5 Å². The molecule has 3 N–H and O–H groups in total. The lowest BCUT2D eigenvalue weighted by Crippen LogP contribution is -2.38. The molecule has 1 aromatic carbocycles. The quantitative estimate of drug-likeness (QED) is 0.269. The number of phosphoric ester groups is 1. The van der Waals surface area contributed by atoms with Crippen molar-refractivity contribution in [3.05, 3.63) is 89.6 Å². The van der Waals surface area contributed by atoms with Gasteiger partial charge in [0.1, 0.15) is 18.0 Å². The second kappa shape index (κ2) is 10.1. The van der Waals surface area contributed by atoms with Crippen LogP contribution in [-0.2, 0) is 28.8 Å². The lowest BCUT2D eigenvalue weighted by molar-refractivity contribution is -0.712. The second-order valence-corrected chi connectivity index (χ2v) is 8.44. The number of phosphoric acid groups is 1. The molecule has 0 spiro atoms. The maximum absolute atomic E-state index is 13.7. The van der Waals surface area contributed by atoms with Crippen LogP contribution in [0, 0.1) is 5.82 Å². The fourth-order valence-electron chi connectivity index (χ4n) is 3.12. The number of hydrogen-bond donors (Lipinski definition) is 2. The van der Waals surface area contributed by atoms with Gasteiger partial charge in [-0.3, -0.25) is 14.8 Å². The fourth-order valence-corrected chi connectivity index (χ4v) is 3.39. The van der Waals surface area contributed by atoms with Crippen LogP contribution in [0.25, 0.3) is 11.3 Å². The number of pyridine rings is 2. The molecule has 0 bridgehead atoms. The molecule has 0 aliphatic rings. The first-order valence-electron chi connectivity index (χ1n) is 10.0. The zero-order valence-corrected chi connectivity index (χ0v) is 18.6. The molecule has 0 fully saturated rings. The van der Waals surface area contributed by atoms with Gasteiger partial charge in [-0.1, -0.05) is 29.4 Å². The van der Waals surface area contributed by atoms with Crippen molar-refractivity contribution in [3.8, 4) is 17.2 Å². The smallest absolute Gasteiger partial charge is 0.285 e. The van der Waals surface area contributed by atoms with Gasteiger partial charge in [-0.25, -0.2) is 13.9 Å². The summed E-state index contributed by atoms with van der Waals surface area (Å²) in [7, 11) is -4.89. The molecule has 0 saturated carbocycles. The minimum atomic E-state index is -4.89. The molecule has 1 unspecified atom stereocenters. The lowest BCUT2D eigenvalue weighted by Gasteiger charge is -2.14. The van der Waals surface area contributed by atoms with Gasteiger partial charge in [0, 0.05) is 30.3 Å². The van der Waals surface area contributed by atoms with E-state index in [1.54, 1.807) is 48.7 Å². The summed E-state index contributed by atoms with van der Waals surface area (Å²) in [4.78, 5) is 23.9. The molecule has 10 nitrogen and oxygen atoms in total. The SMILES string of the molecule is Nc1c(-c2cc(Cc3ccc(OCc4ccccc4F)nc3)no2)ccc[n+]1COP(=O)([O-])O. The number of ether oxygens (including phenoxy) is 1. The van der Waals surface area contributed by atoms with Crippen LogP contribution in [0.5, 0.6) is 5.88 Å². The zero-order valence-electron chi connectivity index (χ0n) is 17.7. The van der Waals surface area contributed by atoms with Crippen LogP contribution in [0.2, 0.25) is 0 Å². The summed E-state index contributed by atoms with van der Waals surface area (Å²) in [5.74, 6) is 0.560. The first kappa shape index (κ1) is 23.5. The van der Waals surface area contributed by atoms with E-state index < -0.39 is 14.6 Å². The molecule has 176 valence electrons. The third-order valence-corrected chi connectivity index (χ3v) is 5.26. The number of aromatic nitrogens is 3. The summed E-state index contributed by atoms with van der Waals surface area (Å²) in [6.45, 7) is -0.422. The Hall–Kier alpha value is -3.63. The highest BCUT2D eigenvalue weighted by atomic mass is 31.2. The summed E-state index contributed by atoms with van der Waals surface area (Å²) in [6, 6.07) is 14.9. The minimum Gasteiger partial charge on any atom is -0.756 e.